The van der Waals surface area contributed by atoms with Crippen molar-refractivity contribution in [2.24, 2.45) is 0 Å². The molecule has 0 aliphatic heterocycles. The molecule has 6 heteroatoms. The fraction of sp³-hybridized carbons (Fsp3) is 0.364. The molecule has 0 spiro atoms. The minimum absolute atomic E-state index is 0.422. The lowest BCUT2D eigenvalue weighted by atomic mass is 10.2. The number of ether oxygens (including phenoxy) is 1. The van der Waals surface area contributed by atoms with E-state index in [1.165, 1.54) is 0 Å². The van der Waals surface area contributed by atoms with Gasteiger partial charge in [0.2, 0.25) is 0 Å². The molecule has 0 unspecified atom stereocenters. The van der Waals surface area contributed by atoms with E-state index in [4.69, 9.17) is 4.74 Å². The van der Waals surface area contributed by atoms with Crippen molar-refractivity contribution in [3.8, 4) is 0 Å². The van der Waals surface area contributed by atoms with Gasteiger partial charge in [0.15, 0.2) is 0 Å². The summed E-state index contributed by atoms with van der Waals surface area (Å²) in [7, 11) is 0. The molecule has 1 rings (SSSR count). The quantitative estimate of drug-likeness (QED) is 0.491. The Bertz CT molecular complexity index is 418. The molecular formula is C11H12I3NO2. The Labute approximate surface area is 142 Å². The van der Waals surface area contributed by atoms with Gasteiger partial charge >= 0.3 is 6.09 Å². The Morgan fingerprint density at radius 1 is 1.18 bits per heavy atom. The Morgan fingerprint density at radius 2 is 1.65 bits per heavy atom. The van der Waals surface area contributed by atoms with Crippen molar-refractivity contribution < 1.29 is 9.53 Å². The van der Waals surface area contributed by atoms with Crippen molar-refractivity contribution in [2.45, 2.75) is 26.4 Å². The third-order valence-corrected chi connectivity index (χ3v) is 3.96. The zero-order valence-corrected chi connectivity index (χ0v) is 16.1. The molecule has 1 N–H and O–H groups in total. The molecule has 0 saturated carbocycles. The van der Waals surface area contributed by atoms with Gasteiger partial charge < -0.3 is 4.74 Å². The number of hydrogen-bond acceptors (Lipinski definition) is 2. The number of nitrogens with one attached hydrogen (secondary N) is 1. The first kappa shape index (κ1) is 15.7. The summed E-state index contributed by atoms with van der Waals surface area (Å²) in [5.41, 5.74) is 0.324. The van der Waals surface area contributed by atoms with Gasteiger partial charge in [-0.2, -0.15) is 0 Å². The van der Waals surface area contributed by atoms with E-state index in [-0.39, 0.29) is 0 Å². The highest BCUT2D eigenvalue weighted by Gasteiger charge is 2.18. The highest BCUT2D eigenvalue weighted by molar-refractivity contribution is 14.1. The van der Waals surface area contributed by atoms with Crippen LogP contribution < -0.4 is 5.32 Å². The molecule has 0 aromatic heterocycles. The molecule has 0 bridgehead atoms. The van der Waals surface area contributed by atoms with Gasteiger partial charge in [-0.05, 0) is 101 Å². The highest BCUT2D eigenvalue weighted by Crippen LogP contribution is 2.27. The van der Waals surface area contributed by atoms with Gasteiger partial charge in [-0.3, -0.25) is 5.32 Å². The van der Waals surface area contributed by atoms with E-state index in [1.54, 1.807) is 0 Å². The summed E-state index contributed by atoms with van der Waals surface area (Å²) < 4.78 is 8.38. The lowest BCUT2D eigenvalue weighted by molar-refractivity contribution is 0.0635. The van der Waals surface area contributed by atoms with Crippen LogP contribution in [0.4, 0.5) is 10.5 Å². The summed E-state index contributed by atoms with van der Waals surface area (Å²) in [5, 5.41) is 2.78. The Morgan fingerprint density at radius 3 is 2.06 bits per heavy atom. The van der Waals surface area contributed by atoms with Crippen LogP contribution in [-0.4, -0.2) is 11.7 Å². The van der Waals surface area contributed by atoms with Gasteiger partial charge in [-0.15, -0.1) is 0 Å². The van der Waals surface area contributed by atoms with E-state index in [0.29, 0.717) is 0 Å². The van der Waals surface area contributed by atoms with Crippen LogP contribution in [0, 0.1) is 10.7 Å². The summed E-state index contributed by atoms with van der Waals surface area (Å²) >= 11 is 6.65. The molecule has 1 amide bonds. The fourth-order valence-electron chi connectivity index (χ4n) is 1.07. The first-order valence-electron chi connectivity index (χ1n) is 4.83. The van der Waals surface area contributed by atoms with Crippen LogP contribution in [0.15, 0.2) is 12.1 Å². The molecule has 0 aliphatic carbocycles. The predicted molar refractivity (Wildman–Crippen MR) is 94.4 cm³/mol. The topological polar surface area (TPSA) is 38.3 Å². The van der Waals surface area contributed by atoms with Crippen LogP contribution in [0.25, 0.3) is 0 Å². The van der Waals surface area contributed by atoms with Gasteiger partial charge in [0.25, 0.3) is 0 Å². The van der Waals surface area contributed by atoms with Crippen molar-refractivity contribution in [1.29, 1.82) is 0 Å². The lowest BCUT2D eigenvalue weighted by Gasteiger charge is -2.20. The summed E-state index contributed by atoms with van der Waals surface area (Å²) in [6.45, 7) is 5.53. The Balaban J connectivity index is 2.86. The smallest absolute Gasteiger partial charge is 0.412 e. The van der Waals surface area contributed by atoms with Crippen molar-refractivity contribution in [1.82, 2.24) is 0 Å². The number of halogens is 3. The van der Waals surface area contributed by atoms with Gasteiger partial charge in [-0.25, -0.2) is 4.79 Å². The van der Waals surface area contributed by atoms with Crippen LogP contribution in [0.5, 0.6) is 0 Å². The minimum atomic E-state index is -0.482. The minimum Gasteiger partial charge on any atom is -0.444 e. The average molecular weight is 571 g/mol. The zero-order valence-electron chi connectivity index (χ0n) is 9.61. The highest BCUT2D eigenvalue weighted by atomic mass is 127. The Kier molecular flexibility index (Phi) is 5.76. The van der Waals surface area contributed by atoms with Crippen LogP contribution in [0.2, 0.25) is 0 Å². The summed E-state index contributed by atoms with van der Waals surface area (Å²) in [4.78, 5) is 11.7. The van der Waals surface area contributed by atoms with Crippen LogP contribution in [0.1, 0.15) is 20.8 Å². The van der Waals surface area contributed by atoms with Crippen LogP contribution in [0.3, 0.4) is 0 Å². The molecular weight excluding hydrogens is 559 g/mol. The van der Waals surface area contributed by atoms with Gasteiger partial charge in [0.1, 0.15) is 5.60 Å². The maximum absolute atomic E-state index is 11.7. The Hall–Kier alpha value is 0.680. The maximum Gasteiger partial charge on any atom is 0.412 e. The second-order valence-corrected chi connectivity index (χ2v) is 7.94. The van der Waals surface area contributed by atoms with E-state index in [2.05, 4.69) is 73.1 Å². The van der Waals surface area contributed by atoms with E-state index >= 15 is 0 Å². The van der Waals surface area contributed by atoms with Crippen molar-refractivity contribution in [3.05, 3.63) is 22.8 Å². The third-order valence-electron chi connectivity index (χ3n) is 1.63. The van der Waals surface area contributed by atoms with Crippen LogP contribution in [-0.2, 0) is 4.74 Å². The molecule has 0 atom stereocenters. The molecule has 0 fully saturated rings. The molecule has 0 aliphatic rings. The van der Waals surface area contributed by atoms with Gasteiger partial charge in [-0.1, -0.05) is 0 Å². The monoisotopic (exact) mass is 571 g/mol. The fourth-order valence-corrected chi connectivity index (χ4v) is 4.92. The number of carbonyl (C=O) groups is 1. The van der Waals surface area contributed by atoms with Gasteiger partial charge in [0, 0.05) is 10.7 Å². The lowest BCUT2D eigenvalue weighted by Crippen LogP contribution is -2.27. The van der Waals surface area contributed by atoms with Crippen LogP contribution >= 0.6 is 67.8 Å². The molecule has 0 heterocycles. The summed E-state index contributed by atoms with van der Waals surface area (Å²) in [5.74, 6) is 0. The first-order chi connectivity index (χ1) is 7.69. The second kappa shape index (κ2) is 6.22. The SMILES string of the molecule is CC(C)(C)OC(=O)Nc1c(I)cc(I)cc1I. The van der Waals surface area contributed by atoms with Crippen molar-refractivity contribution >= 4 is 79.6 Å². The normalized spacial score (nSPS) is 11.2. The van der Waals surface area contributed by atoms with Gasteiger partial charge in [0.05, 0.1) is 5.69 Å². The van der Waals surface area contributed by atoms with Crippen molar-refractivity contribution in [2.75, 3.05) is 5.32 Å². The first-order valence-corrected chi connectivity index (χ1v) is 8.07. The number of carbonyl (C=O) groups excluding carboxylic acids is 1. The number of amides is 1. The number of benzene rings is 1. The van der Waals surface area contributed by atoms with E-state index in [1.807, 2.05) is 32.9 Å². The standard InChI is InChI=1S/C11H12I3NO2/c1-11(2,3)17-10(16)15-9-7(13)4-6(12)5-8(9)14/h4-5H,1-3H3,(H,15,16). The number of hydrogen-bond donors (Lipinski definition) is 1. The van der Waals surface area contributed by atoms with Crippen molar-refractivity contribution in [3.63, 3.8) is 0 Å². The van der Waals surface area contributed by atoms with E-state index in [9.17, 15) is 4.79 Å². The molecule has 0 saturated heterocycles. The molecule has 1 aromatic rings. The van der Waals surface area contributed by atoms with E-state index in [0.717, 1.165) is 16.4 Å². The number of anilines is 1. The summed E-state index contributed by atoms with van der Waals surface area (Å²) in [6.07, 6.45) is -0.422. The molecule has 0 radical (unpaired) electrons. The molecule has 17 heavy (non-hydrogen) atoms. The molecule has 1 aromatic carbocycles. The molecule has 94 valence electrons. The zero-order chi connectivity index (χ0) is 13.2. The second-order valence-electron chi connectivity index (χ2n) is 4.37. The van der Waals surface area contributed by atoms with E-state index < -0.39 is 11.7 Å². The average Bonchev–Trinajstić information content (AvgIpc) is 2.08. The third kappa shape index (κ3) is 5.45. The predicted octanol–water partition coefficient (Wildman–Crippen LogP) is 4.85. The number of rotatable bonds is 1. The molecule has 3 nitrogen and oxygen atoms in total. The summed E-state index contributed by atoms with van der Waals surface area (Å²) in [6, 6.07) is 4.02. The largest absolute Gasteiger partial charge is 0.444 e. The maximum atomic E-state index is 11.7.